The molecule has 0 atom stereocenters. The highest BCUT2D eigenvalue weighted by molar-refractivity contribution is 5.99. The summed E-state index contributed by atoms with van der Waals surface area (Å²) >= 11 is 0. The number of likely N-dealkylation sites (N-methyl/N-ethyl adjacent to an activating group) is 2. The van der Waals surface area contributed by atoms with E-state index in [4.69, 9.17) is 29.3 Å². The highest BCUT2D eigenvalue weighted by Crippen LogP contribution is 2.22. The Morgan fingerprint density at radius 1 is 0.673 bits per heavy atom. The number of carbonyl (C=O) groups is 6. The van der Waals surface area contributed by atoms with Gasteiger partial charge in [-0.1, -0.05) is 0 Å². The number of halogens is 6. The number of pyridine rings is 1. The number of aliphatic carboxylic acids is 2. The first-order valence-corrected chi connectivity index (χ1v) is 16.0. The Balaban J connectivity index is 0.000000913. The van der Waals surface area contributed by atoms with Crippen molar-refractivity contribution >= 4 is 68.9 Å². The second-order valence-electron chi connectivity index (χ2n) is 11.3. The van der Waals surface area contributed by atoms with Gasteiger partial charge in [-0.3, -0.25) is 33.8 Å². The van der Waals surface area contributed by atoms with Gasteiger partial charge in [0.25, 0.3) is 0 Å². The number of carboxylic acid groups (broad SMARTS) is 2. The molecule has 0 radical (unpaired) electrons. The van der Waals surface area contributed by atoms with Crippen molar-refractivity contribution < 1.29 is 74.8 Å². The third-order valence-electron chi connectivity index (χ3n) is 6.70. The van der Waals surface area contributed by atoms with E-state index in [0.29, 0.717) is 59.5 Å². The average molecular weight is 796 g/mol. The van der Waals surface area contributed by atoms with Crippen LogP contribution in [0.4, 0.5) is 37.7 Å². The van der Waals surface area contributed by atoms with E-state index >= 15 is 0 Å². The molecule has 1 heterocycles. The van der Waals surface area contributed by atoms with E-state index in [9.17, 15) is 50.3 Å². The Hall–Kier alpha value is -5.77. The summed E-state index contributed by atoms with van der Waals surface area (Å²) in [5, 5.41) is 20.8. The number of nitrogens with zero attached hydrogens (tertiary/aromatic N) is 2. The minimum atomic E-state index is -5.08. The largest absolute Gasteiger partial charge is 0.490 e. The quantitative estimate of drug-likeness (QED) is 0.0895. The number of amides is 2. The lowest BCUT2D eigenvalue weighted by Crippen LogP contribution is -2.30. The Morgan fingerprint density at radius 2 is 1.00 bits per heavy atom. The SMILES string of the molecule is CCOC(=O)CN(C)CCC(=O)Nc1ccc2c(=O)c3ccc(NC(=O)CCN(C)CC(=O)OCC)cc3[nH]c2c1.O=C(O)C(F)(F)F.O=C(O)C(F)(F)F. The normalized spacial score (nSPS) is 11.2. The van der Waals surface area contributed by atoms with Crippen LogP contribution < -0.4 is 16.1 Å². The minimum absolute atomic E-state index is 0.0976. The molecule has 3 aromatic rings. The molecule has 304 valence electrons. The molecule has 0 unspecified atom stereocenters. The van der Waals surface area contributed by atoms with Crippen molar-refractivity contribution in [2.45, 2.75) is 39.0 Å². The fraction of sp³-hybridized carbons (Fsp3) is 0.424. The maximum absolute atomic E-state index is 13.1. The molecule has 55 heavy (non-hydrogen) atoms. The highest BCUT2D eigenvalue weighted by atomic mass is 19.4. The van der Waals surface area contributed by atoms with Gasteiger partial charge in [0.1, 0.15) is 0 Å². The number of aromatic amines is 1. The van der Waals surface area contributed by atoms with Crippen molar-refractivity contribution in [1.29, 1.82) is 0 Å². The Bertz CT molecular complexity index is 1750. The molecule has 16 nitrogen and oxygen atoms in total. The topological polar surface area (TPSA) is 225 Å². The number of rotatable bonds is 14. The van der Waals surface area contributed by atoms with Crippen LogP contribution in [0.1, 0.15) is 26.7 Å². The maximum atomic E-state index is 13.1. The molecule has 2 amide bonds. The molecule has 0 aliphatic carbocycles. The molecule has 0 saturated heterocycles. The molecule has 0 aliphatic heterocycles. The molecule has 3 rings (SSSR count). The van der Waals surface area contributed by atoms with Crippen LogP contribution in [-0.2, 0) is 38.2 Å². The fourth-order valence-corrected chi connectivity index (χ4v) is 4.18. The second-order valence-corrected chi connectivity index (χ2v) is 11.3. The van der Waals surface area contributed by atoms with Crippen LogP contribution in [0, 0.1) is 0 Å². The van der Waals surface area contributed by atoms with Crippen molar-refractivity contribution in [2.75, 3.05) is 64.1 Å². The number of alkyl halides is 6. The summed E-state index contributed by atoms with van der Waals surface area (Å²) in [7, 11) is 3.47. The van der Waals surface area contributed by atoms with Gasteiger partial charge in [-0.2, -0.15) is 26.3 Å². The lowest BCUT2D eigenvalue weighted by Gasteiger charge is -2.15. The zero-order chi connectivity index (χ0) is 42.1. The number of esters is 2. The zero-order valence-electron chi connectivity index (χ0n) is 29.9. The van der Waals surface area contributed by atoms with E-state index in [2.05, 4.69) is 15.6 Å². The smallest absolute Gasteiger partial charge is 0.475 e. The van der Waals surface area contributed by atoms with Gasteiger partial charge in [0.2, 0.25) is 11.8 Å². The van der Waals surface area contributed by atoms with Crippen molar-refractivity contribution in [3.8, 4) is 0 Å². The van der Waals surface area contributed by atoms with Gasteiger partial charge in [0.05, 0.1) is 37.3 Å². The van der Waals surface area contributed by atoms with E-state index in [1.54, 1.807) is 74.1 Å². The number of hydrogen-bond acceptors (Lipinski definition) is 11. The molecule has 0 fully saturated rings. The van der Waals surface area contributed by atoms with Crippen molar-refractivity contribution in [2.24, 2.45) is 0 Å². The van der Waals surface area contributed by atoms with E-state index in [0.717, 1.165) is 0 Å². The van der Waals surface area contributed by atoms with Gasteiger partial charge in [-0.15, -0.1) is 0 Å². The van der Waals surface area contributed by atoms with Crippen LogP contribution in [0.3, 0.4) is 0 Å². The first kappa shape index (κ1) is 47.3. The molecule has 0 aliphatic rings. The number of hydrogen-bond donors (Lipinski definition) is 5. The molecule has 22 heteroatoms. The molecule has 5 N–H and O–H groups in total. The highest BCUT2D eigenvalue weighted by Gasteiger charge is 2.38. The number of ether oxygens (including phenoxy) is 2. The van der Waals surface area contributed by atoms with E-state index in [1.165, 1.54) is 0 Å². The maximum Gasteiger partial charge on any atom is 0.490 e. The second kappa shape index (κ2) is 21.8. The third kappa shape index (κ3) is 17.7. The Labute approximate surface area is 308 Å². The summed E-state index contributed by atoms with van der Waals surface area (Å²) < 4.78 is 73.3. The number of H-pyrrole nitrogens is 1. The van der Waals surface area contributed by atoms with Crippen molar-refractivity contribution in [3.05, 3.63) is 46.6 Å². The van der Waals surface area contributed by atoms with Crippen molar-refractivity contribution in [1.82, 2.24) is 14.8 Å². The van der Waals surface area contributed by atoms with Gasteiger partial charge in [-0.25, -0.2) is 9.59 Å². The zero-order valence-corrected chi connectivity index (χ0v) is 29.9. The predicted octanol–water partition coefficient (Wildman–Crippen LogP) is 3.59. The van der Waals surface area contributed by atoms with Crippen LogP contribution in [0.2, 0.25) is 0 Å². The number of carbonyl (C=O) groups excluding carboxylic acids is 4. The monoisotopic (exact) mass is 795 g/mol. The number of aromatic nitrogens is 1. The summed E-state index contributed by atoms with van der Waals surface area (Å²) in [5.74, 6) is -6.67. The lowest BCUT2D eigenvalue weighted by atomic mass is 10.1. The molecule has 2 aromatic carbocycles. The first-order valence-electron chi connectivity index (χ1n) is 16.0. The van der Waals surface area contributed by atoms with Crippen LogP contribution in [0.25, 0.3) is 21.8 Å². The molecule has 0 bridgehead atoms. The number of fused-ring (bicyclic) bond motifs is 2. The number of nitrogens with one attached hydrogen (secondary N) is 3. The third-order valence-corrected chi connectivity index (χ3v) is 6.70. The van der Waals surface area contributed by atoms with Gasteiger partial charge in [0, 0.05) is 48.1 Å². The fourth-order valence-electron chi connectivity index (χ4n) is 4.18. The predicted molar refractivity (Wildman–Crippen MR) is 184 cm³/mol. The van der Waals surface area contributed by atoms with Crippen LogP contribution >= 0.6 is 0 Å². The minimum Gasteiger partial charge on any atom is -0.475 e. The Kier molecular flexibility index (Phi) is 18.7. The van der Waals surface area contributed by atoms with Gasteiger partial charge in [0.15, 0.2) is 5.43 Å². The lowest BCUT2D eigenvalue weighted by molar-refractivity contribution is -0.193. The number of anilines is 2. The van der Waals surface area contributed by atoms with Gasteiger partial charge >= 0.3 is 36.2 Å². The van der Waals surface area contributed by atoms with Crippen LogP contribution in [0.5, 0.6) is 0 Å². The van der Waals surface area contributed by atoms with Crippen molar-refractivity contribution in [3.63, 3.8) is 0 Å². The summed E-state index contributed by atoms with van der Waals surface area (Å²) in [6.45, 7) is 5.02. The molecule has 0 spiro atoms. The van der Waals surface area contributed by atoms with E-state index < -0.39 is 24.3 Å². The van der Waals surface area contributed by atoms with E-state index in [-0.39, 0.29) is 55.1 Å². The van der Waals surface area contributed by atoms with Crippen LogP contribution in [-0.4, -0.2) is 127 Å². The summed E-state index contributed by atoms with van der Waals surface area (Å²) in [6, 6.07) is 9.99. The summed E-state index contributed by atoms with van der Waals surface area (Å²) in [6.07, 6.45) is -9.83. The standard InChI is InChI=1S/C29H37N5O7.2C2HF3O2/c1-5-40-27(37)17-33(3)13-11-25(35)30-19-7-9-21-23(15-19)32-24-16-20(8-10-22(24)29(21)39)31-26(36)12-14-34(4)18-28(38)41-6-2;2*3-2(4,5)1(6)7/h7-10,15-16H,5-6,11-14,17-18H2,1-4H3,(H,30,35)(H,31,36)(H,32,39);2*(H,6,7). The van der Waals surface area contributed by atoms with Crippen LogP contribution in [0.15, 0.2) is 41.2 Å². The molecule has 0 saturated carbocycles. The number of carboxylic acids is 2. The molecular weight excluding hydrogens is 756 g/mol. The Morgan fingerprint density at radius 3 is 1.29 bits per heavy atom. The first-order chi connectivity index (χ1) is 25.5. The molecular formula is C33H39F6N5O11. The van der Waals surface area contributed by atoms with Gasteiger partial charge in [-0.05, 0) is 64.3 Å². The average Bonchev–Trinajstić information content (AvgIpc) is 3.06. The van der Waals surface area contributed by atoms with Gasteiger partial charge < -0.3 is 35.3 Å². The molecule has 1 aromatic heterocycles. The number of benzene rings is 2. The van der Waals surface area contributed by atoms with E-state index in [1.807, 2.05) is 0 Å². The summed E-state index contributed by atoms with van der Waals surface area (Å²) in [5.41, 5.74) is 1.92. The summed E-state index contributed by atoms with van der Waals surface area (Å²) in [4.78, 5) is 85.6.